The molecule has 0 radical (unpaired) electrons. The van der Waals surface area contributed by atoms with Crippen molar-refractivity contribution in [2.24, 2.45) is 5.73 Å². The third-order valence-corrected chi connectivity index (χ3v) is 3.53. The van der Waals surface area contributed by atoms with Gasteiger partial charge in [-0.3, -0.25) is 4.79 Å². The van der Waals surface area contributed by atoms with Crippen LogP contribution >= 0.6 is 0 Å². The molecule has 0 heterocycles. The SMILES string of the molecule is NC(=O)c1c2c(c3ccccc3c1N)CC=CC2. The number of rotatable bonds is 1. The summed E-state index contributed by atoms with van der Waals surface area (Å²) in [6.07, 6.45) is 5.73. The molecule has 1 aliphatic rings. The molecule has 0 aromatic heterocycles. The lowest BCUT2D eigenvalue weighted by atomic mass is 9.86. The van der Waals surface area contributed by atoms with E-state index in [1.165, 1.54) is 5.56 Å². The van der Waals surface area contributed by atoms with E-state index in [2.05, 4.69) is 18.2 Å². The topological polar surface area (TPSA) is 69.1 Å². The number of primary amides is 1. The predicted octanol–water partition coefficient (Wildman–Crippen LogP) is 2.18. The molecule has 0 bridgehead atoms. The van der Waals surface area contributed by atoms with Gasteiger partial charge in [-0.25, -0.2) is 0 Å². The number of hydrogen-bond acceptors (Lipinski definition) is 2. The molecule has 1 aliphatic carbocycles. The van der Waals surface area contributed by atoms with Gasteiger partial charge in [0.05, 0.1) is 11.3 Å². The smallest absolute Gasteiger partial charge is 0.251 e. The number of carbonyl (C=O) groups excluding carboxylic acids is 1. The number of fused-ring (bicyclic) bond motifs is 3. The van der Waals surface area contributed by atoms with Crippen molar-refractivity contribution in [1.82, 2.24) is 0 Å². The number of nitrogen functional groups attached to an aromatic ring is 1. The predicted molar refractivity (Wildman–Crippen MR) is 73.4 cm³/mol. The third-order valence-electron chi connectivity index (χ3n) is 3.53. The zero-order valence-corrected chi connectivity index (χ0v) is 9.94. The van der Waals surface area contributed by atoms with Gasteiger partial charge in [0, 0.05) is 5.39 Å². The molecule has 0 unspecified atom stereocenters. The highest BCUT2D eigenvalue weighted by atomic mass is 16.1. The number of carbonyl (C=O) groups is 1. The molecule has 3 nitrogen and oxygen atoms in total. The Labute approximate surface area is 105 Å². The van der Waals surface area contributed by atoms with Crippen LogP contribution in [0, 0.1) is 0 Å². The van der Waals surface area contributed by atoms with Crippen LogP contribution in [0.5, 0.6) is 0 Å². The van der Waals surface area contributed by atoms with Gasteiger partial charge in [-0.15, -0.1) is 0 Å². The zero-order valence-electron chi connectivity index (χ0n) is 9.94. The maximum atomic E-state index is 11.7. The fourth-order valence-electron chi connectivity index (χ4n) is 2.73. The minimum absolute atomic E-state index is 0.440. The Hall–Kier alpha value is -2.29. The molecule has 0 aliphatic heterocycles. The summed E-state index contributed by atoms with van der Waals surface area (Å²) < 4.78 is 0. The molecule has 0 atom stereocenters. The number of amides is 1. The van der Waals surface area contributed by atoms with E-state index in [0.717, 1.165) is 29.2 Å². The lowest BCUT2D eigenvalue weighted by molar-refractivity contribution is 0.100. The van der Waals surface area contributed by atoms with Crippen molar-refractivity contribution in [3.8, 4) is 0 Å². The van der Waals surface area contributed by atoms with Gasteiger partial charge < -0.3 is 11.5 Å². The molecule has 18 heavy (non-hydrogen) atoms. The monoisotopic (exact) mass is 238 g/mol. The molecular formula is C15H14N2O. The van der Waals surface area contributed by atoms with Gasteiger partial charge in [-0.1, -0.05) is 36.4 Å². The molecule has 2 aromatic rings. The maximum Gasteiger partial charge on any atom is 0.251 e. The van der Waals surface area contributed by atoms with Crippen LogP contribution in [-0.4, -0.2) is 5.91 Å². The van der Waals surface area contributed by atoms with Crippen molar-refractivity contribution < 1.29 is 4.79 Å². The Morgan fingerprint density at radius 1 is 1.00 bits per heavy atom. The zero-order chi connectivity index (χ0) is 12.7. The van der Waals surface area contributed by atoms with Crippen LogP contribution in [0.1, 0.15) is 21.5 Å². The molecule has 2 aromatic carbocycles. The first-order valence-electron chi connectivity index (χ1n) is 5.97. The van der Waals surface area contributed by atoms with Crippen molar-refractivity contribution in [2.45, 2.75) is 12.8 Å². The fraction of sp³-hybridized carbons (Fsp3) is 0.133. The van der Waals surface area contributed by atoms with Gasteiger partial charge >= 0.3 is 0 Å². The van der Waals surface area contributed by atoms with E-state index < -0.39 is 5.91 Å². The lowest BCUT2D eigenvalue weighted by Crippen LogP contribution is -2.19. The minimum atomic E-state index is -0.440. The summed E-state index contributed by atoms with van der Waals surface area (Å²) in [7, 11) is 0. The van der Waals surface area contributed by atoms with Crippen LogP contribution in [0.25, 0.3) is 10.8 Å². The largest absolute Gasteiger partial charge is 0.398 e. The molecular weight excluding hydrogens is 224 g/mol. The highest BCUT2D eigenvalue weighted by Gasteiger charge is 2.20. The summed E-state index contributed by atoms with van der Waals surface area (Å²) in [5.74, 6) is -0.440. The van der Waals surface area contributed by atoms with E-state index >= 15 is 0 Å². The molecule has 3 heteroatoms. The maximum absolute atomic E-state index is 11.7. The van der Waals surface area contributed by atoms with E-state index in [1.54, 1.807) is 0 Å². The Morgan fingerprint density at radius 2 is 1.61 bits per heavy atom. The van der Waals surface area contributed by atoms with Crippen LogP contribution < -0.4 is 11.5 Å². The van der Waals surface area contributed by atoms with Crippen molar-refractivity contribution >= 4 is 22.4 Å². The molecule has 0 saturated heterocycles. The first-order chi connectivity index (χ1) is 8.70. The van der Waals surface area contributed by atoms with Crippen molar-refractivity contribution in [2.75, 3.05) is 5.73 Å². The standard InChI is InChI=1S/C15H14N2O/c16-14-12-8-4-2-6-10(12)9-5-1-3-7-11(9)13(14)15(17)18/h1-4,6,8H,5,7,16H2,(H2,17,18). The van der Waals surface area contributed by atoms with E-state index in [9.17, 15) is 4.79 Å². The highest BCUT2D eigenvalue weighted by Crippen LogP contribution is 2.34. The number of benzene rings is 2. The van der Waals surface area contributed by atoms with Crippen molar-refractivity contribution in [3.05, 3.63) is 53.1 Å². The molecule has 4 N–H and O–H groups in total. The summed E-state index contributed by atoms with van der Waals surface area (Å²) in [4.78, 5) is 11.7. The molecule has 90 valence electrons. The van der Waals surface area contributed by atoms with Gasteiger partial charge in [0.2, 0.25) is 0 Å². The fourth-order valence-corrected chi connectivity index (χ4v) is 2.73. The molecule has 0 fully saturated rings. The molecule has 1 amide bonds. The summed E-state index contributed by atoms with van der Waals surface area (Å²) in [6, 6.07) is 7.91. The van der Waals surface area contributed by atoms with Crippen molar-refractivity contribution in [1.29, 1.82) is 0 Å². The first kappa shape index (κ1) is 10.8. The summed E-state index contributed by atoms with van der Waals surface area (Å²) in [6.45, 7) is 0. The Kier molecular flexibility index (Phi) is 2.33. The Balaban J connectivity index is 2.49. The second kappa shape index (κ2) is 3.88. The average molecular weight is 238 g/mol. The van der Waals surface area contributed by atoms with Gasteiger partial charge in [-0.2, -0.15) is 0 Å². The number of hydrogen-bond donors (Lipinski definition) is 2. The van der Waals surface area contributed by atoms with Gasteiger partial charge in [-0.05, 0) is 29.4 Å². The van der Waals surface area contributed by atoms with Gasteiger partial charge in [0.1, 0.15) is 0 Å². The van der Waals surface area contributed by atoms with E-state index in [4.69, 9.17) is 11.5 Å². The number of allylic oxidation sites excluding steroid dienone is 2. The van der Waals surface area contributed by atoms with Gasteiger partial charge in [0.15, 0.2) is 0 Å². The minimum Gasteiger partial charge on any atom is -0.398 e. The Bertz CT molecular complexity index is 686. The van der Waals surface area contributed by atoms with Crippen molar-refractivity contribution in [3.63, 3.8) is 0 Å². The Morgan fingerprint density at radius 3 is 2.28 bits per heavy atom. The highest BCUT2D eigenvalue weighted by molar-refractivity contribution is 6.10. The average Bonchev–Trinajstić information content (AvgIpc) is 2.39. The molecule has 0 saturated carbocycles. The quantitative estimate of drug-likeness (QED) is 0.590. The van der Waals surface area contributed by atoms with Gasteiger partial charge in [0.25, 0.3) is 5.91 Å². The van der Waals surface area contributed by atoms with Crippen LogP contribution in [-0.2, 0) is 12.8 Å². The summed E-state index contributed by atoms with van der Waals surface area (Å²) >= 11 is 0. The second-order valence-electron chi connectivity index (χ2n) is 4.54. The van der Waals surface area contributed by atoms with E-state index in [-0.39, 0.29) is 0 Å². The van der Waals surface area contributed by atoms with Crippen LogP contribution in [0.4, 0.5) is 5.69 Å². The summed E-state index contributed by atoms with van der Waals surface area (Å²) in [5.41, 5.74) is 14.8. The molecule has 0 spiro atoms. The first-order valence-corrected chi connectivity index (χ1v) is 5.97. The summed E-state index contributed by atoms with van der Waals surface area (Å²) in [5, 5.41) is 2.04. The number of anilines is 1. The van der Waals surface area contributed by atoms with Crippen LogP contribution in [0.2, 0.25) is 0 Å². The van der Waals surface area contributed by atoms with E-state index in [0.29, 0.717) is 11.3 Å². The lowest BCUT2D eigenvalue weighted by Gasteiger charge is -2.19. The normalized spacial score (nSPS) is 13.6. The third kappa shape index (κ3) is 1.40. The van der Waals surface area contributed by atoms with Crippen LogP contribution in [0.15, 0.2) is 36.4 Å². The van der Waals surface area contributed by atoms with Crippen LogP contribution in [0.3, 0.4) is 0 Å². The number of nitrogens with two attached hydrogens (primary N) is 2. The second-order valence-corrected chi connectivity index (χ2v) is 4.54. The van der Waals surface area contributed by atoms with E-state index in [1.807, 2.05) is 18.2 Å². The molecule has 3 rings (SSSR count).